The van der Waals surface area contributed by atoms with E-state index in [2.05, 4.69) is 167 Å². The van der Waals surface area contributed by atoms with Crippen molar-refractivity contribution < 1.29 is 9.15 Å². The summed E-state index contributed by atoms with van der Waals surface area (Å²) in [5.74, 6) is 1.39. The predicted octanol–water partition coefficient (Wildman–Crippen LogP) is 11.5. The summed E-state index contributed by atoms with van der Waals surface area (Å²) in [6.45, 7) is 0. The largest absolute Gasteiger partial charge is 0.484 e. The van der Waals surface area contributed by atoms with Crippen LogP contribution in [0.1, 0.15) is 52.5 Å². The van der Waals surface area contributed by atoms with Crippen LogP contribution in [0.15, 0.2) is 150 Å². The number of anilines is 2. The molecule has 0 saturated heterocycles. The quantitative estimate of drug-likeness (QED) is 0.177. The van der Waals surface area contributed by atoms with Crippen LogP contribution in [0.4, 0.5) is 11.4 Å². The minimum atomic E-state index is -0.0370. The molecule has 58 heavy (non-hydrogen) atoms. The Labute approximate surface area is 333 Å². The van der Waals surface area contributed by atoms with Gasteiger partial charge in [0.2, 0.25) is 0 Å². The Morgan fingerprint density at radius 3 is 2.43 bits per heavy atom. The molecule has 4 atom stereocenters. The highest BCUT2D eigenvalue weighted by molar-refractivity contribution is 6.20. The van der Waals surface area contributed by atoms with Crippen molar-refractivity contribution >= 4 is 89.4 Å². The lowest BCUT2D eigenvalue weighted by Gasteiger charge is -2.29. The van der Waals surface area contributed by atoms with Gasteiger partial charge in [0.05, 0.1) is 22.8 Å². The number of ether oxygens (including phenoxy) is 1. The fraction of sp³-hybridized carbons (Fsp3) is 0.111. The third-order valence-corrected chi connectivity index (χ3v) is 14.3. The molecule has 3 unspecified atom stereocenters. The minimum absolute atomic E-state index is 0.0370. The first kappa shape index (κ1) is 30.1. The zero-order valence-electron chi connectivity index (χ0n) is 31.4. The molecule has 6 aliphatic rings. The number of hydrogen-bond donors (Lipinski definition) is 0. The van der Waals surface area contributed by atoms with Gasteiger partial charge >= 0.3 is 0 Å². The first-order chi connectivity index (χ1) is 28.8. The van der Waals surface area contributed by atoms with Crippen molar-refractivity contribution in [2.45, 2.75) is 36.8 Å². The van der Waals surface area contributed by atoms with E-state index < -0.39 is 0 Å². The Balaban J connectivity index is 0.965. The summed E-state index contributed by atoms with van der Waals surface area (Å²) in [5, 5.41) is 9.02. The maximum atomic E-state index is 6.75. The molecule has 15 rings (SSSR count). The summed E-state index contributed by atoms with van der Waals surface area (Å²) in [7, 11) is 0. The van der Waals surface area contributed by atoms with E-state index in [1.807, 2.05) is 0 Å². The number of fused-ring (bicyclic) bond motifs is 18. The zero-order valence-corrected chi connectivity index (χ0v) is 31.4. The summed E-state index contributed by atoms with van der Waals surface area (Å²) in [6, 6.07) is 42.7. The summed E-state index contributed by atoms with van der Waals surface area (Å²) >= 11 is 0. The van der Waals surface area contributed by atoms with Crippen molar-refractivity contribution in [3.8, 4) is 5.75 Å². The Morgan fingerprint density at radius 2 is 1.45 bits per heavy atom. The second kappa shape index (κ2) is 10.5. The van der Waals surface area contributed by atoms with Crippen LogP contribution in [0, 0.1) is 0 Å². The van der Waals surface area contributed by atoms with Crippen molar-refractivity contribution in [3.63, 3.8) is 0 Å². The van der Waals surface area contributed by atoms with Gasteiger partial charge in [-0.2, -0.15) is 0 Å². The summed E-state index contributed by atoms with van der Waals surface area (Å²) in [6.07, 6.45) is 18.7. The van der Waals surface area contributed by atoms with E-state index in [0.717, 1.165) is 29.8 Å². The van der Waals surface area contributed by atoms with Gasteiger partial charge in [-0.3, -0.25) is 0 Å². The number of hydrogen-bond acceptors (Lipinski definition) is 3. The van der Waals surface area contributed by atoms with Crippen molar-refractivity contribution in [2.24, 2.45) is 0 Å². The Bertz CT molecular complexity index is 3640. The van der Waals surface area contributed by atoms with Gasteiger partial charge in [-0.15, -0.1) is 0 Å². The van der Waals surface area contributed by atoms with E-state index in [1.165, 1.54) is 104 Å². The number of nitrogens with zero attached hydrogens (tertiary/aromatic N) is 2. The first-order valence-electron chi connectivity index (χ1n) is 20.7. The summed E-state index contributed by atoms with van der Waals surface area (Å²) in [5.41, 5.74) is 17.6. The summed E-state index contributed by atoms with van der Waals surface area (Å²) in [4.78, 5) is 2.65. The van der Waals surface area contributed by atoms with Crippen LogP contribution in [-0.2, 0) is 0 Å². The smallest absolute Gasteiger partial charge is 0.142 e. The van der Waals surface area contributed by atoms with E-state index in [4.69, 9.17) is 9.15 Å². The van der Waals surface area contributed by atoms with Crippen molar-refractivity contribution in [2.75, 3.05) is 4.90 Å². The molecule has 0 spiro atoms. The van der Waals surface area contributed by atoms with Gasteiger partial charge < -0.3 is 18.5 Å². The lowest BCUT2D eigenvalue weighted by atomic mass is 9.77. The fourth-order valence-corrected chi connectivity index (χ4v) is 12.0. The molecule has 3 aliphatic carbocycles. The van der Waals surface area contributed by atoms with E-state index >= 15 is 0 Å². The molecular weight excluding hydrogens is 709 g/mol. The molecule has 6 aromatic carbocycles. The Morgan fingerprint density at radius 1 is 0.603 bits per heavy atom. The topological polar surface area (TPSA) is 30.0 Å². The fourth-order valence-electron chi connectivity index (χ4n) is 12.0. The third kappa shape index (κ3) is 3.52. The standard InChI is InChI=1S/C54H34N2O2/c1-5-19-43-39(13-1)49-31(37-17-9-15-35-29-11-3-7-21-47(29)57-53(35)37)23-25-33-41-28-46-42(27-45(41)55(43)51(33)49)34-26-24-32(50-40-14-2-6-20-44(40)56(46)52(34)50)38-18-10-16-36-30-12-4-8-22-48(30)58-54(36)38/h1,3-5,7-28,36,49,51,54H,2,6H2/t36?,49-,51?,54?/m1/s1. The normalized spacial score (nSPS) is 21.9. The number of benzene rings is 6. The van der Waals surface area contributed by atoms with Crippen LogP contribution in [-0.4, -0.2) is 16.5 Å². The second-order valence-electron chi connectivity index (χ2n) is 16.9. The minimum Gasteiger partial charge on any atom is -0.484 e. The number of aromatic nitrogens is 1. The molecule has 0 bridgehead atoms. The maximum Gasteiger partial charge on any atom is 0.142 e. The van der Waals surface area contributed by atoms with Gasteiger partial charge in [-0.1, -0.05) is 127 Å². The van der Waals surface area contributed by atoms with Gasteiger partial charge in [-0.05, 0) is 65.4 Å². The molecule has 0 saturated carbocycles. The van der Waals surface area contributed by atoms with E-state index in [-0.39, 0.29) is 24.0 Å². The summed E-state index contributed by atoms with van der Waals surface area (Å²) < 4.78 is 16.0. The van der Waals surface area contributed by atoms with Crippen molar-refractivity contribution in [1.29, 1.82) is 0 Å². The molecule has 4 nitrogen and oxygen atoms in total. The molecule has 4 heteroatoms. The lowest BCUT2D eigenvalue weighted by Crippen LogP contribution is -2.28. The van der Waals surface area contributed by atoms with Crippen molar-refractivity contribution in [3.05, 3.63) is 184 Å². The number of allylic oxidation sites excluding steroid dienone is 4. The molecule has 0 N–H and O–H groups in total. The third-order valence-electron chi connectivity index (χ3n) is 14.3. The molecule has 0 amide bonds. The highest BCUT2D eigenvalue weighted by atomic mass is 16.5. The Hall–Kier alpha value is -7.04. The molecule has 9 aromatic rings. The second-order valence-corrected chi connectivity index (χ2v) is 16.9. The Kier molecular flexibility index (Phi) is 5.44. The number of para-hydroxylation sites is 4. The molecule has 272 valence electrons. The highest BCUT2D eigenvalue weighted by Crippen LogP contribution is 2.62. The highest BCUT2D eigenvalue weighted by Gasteiger charge is 2.50. The van der Waals surface area contributed by atoms with E-state index in [1.54, 1.807) is 0 Å². The average Bonchev–Trinajstić information content (AvgIpc) is 4.12. The number of rotatable bonds is 2. The van der Waals surface area contributed by atoms with Crippen molar-refractivity contribution in [1.82, 2.24) is 4.40 Å². The van der Waals surface area contributed by atoms with E-state index in [9.17, 15) is 0 Å². The molecule has 3 aliphatic heterocycles. The van der Waals surface area contributed by atoms with Gasteiger partial charge in [0.1, 0.15) is 23.0 Å². The van der Waals surface area contributed by atoms with Crippen LogP contribution in [0.5, 0.6) is 5.75 Å². The number of furan rings is 1. The molecular formula is C54H34N2O2. The molecule has 3 aromatic heterocycles. The zero-order chi connectivity index (χ0) is 37.4. The predicted molar refractivity (Wildman–Crippen MR) is 237 cm³/mol. The van der Waals surface area contributed by atoms with Gasteiger partial charge in [0.25, 0.3) is 0 Å². The SMILES string of the molecule is C1=CC2c3ccccc3OC2C(c2ccc3c4cc5c(cc4n4c6c(c2c34)=CCCC=6)C2=CC=C(c3cccc4c3oc3ccccc34)[C@@H]3c4ccccc4N5C23)=C1. The molecule has 0 radical (unpaired) electrons. The van der Waals surface area contributed by atoms with Crippen LogP contribution in [0.2, 0.25) is 0 Å². The average molecular weight is 743 g/mol. The maximum absolute atomic E-state index is 6.75. The van der Waals surface area contributed by atoms with Gasteiger partial charge in [0.15, 0.2) is 0 Å². The van der Waals surface area contributed by atoms with Crippen LogP contribution >= 0.6 is 0 Å². The van der Waals surface area contributed by atoms with Crippen LogP contribution in [0.25, 0.3) is 78.0 Å². The van der Waals surface area contributed by atoms with Gasteiger partial charge in [-0.25, -0.2) is 0 Å². The molecule has 0 fully saturated rings. The van der Waals surface area contributed by atoms with Gasteiger partial charge in [0, 0.05) is 77.3 Å². The monoisotopic (exact) mass is 742 g/mol. The van der Waals surface area contributed by atoms with E-state index in [0.29, 0.717) is 0 Å². The van der Waals surface area contributed by atoms with Crippen LogP contribution in [0.3, 0.4) is 0 Å². The molecule has 6 heterocycles. The van der Waals surface area contributed by atoms with Crippen LogP contribution < -0.4 is 20.2 Å². The first-order valence-corrected chi connectivity index (χ1v) is 20.7. The lowest BCUT2D eigenvalue weighted by molar-refractivity contribution is 0.278.